The van der Waals surface area contributed by atoms with Crippen molar-refractivity contribution in [2.45, 2.75) is 12.5 Å². The average molecular weight is 438 g/mol. The fourth-order valence-electron chi connectivity index (χ4n) is 1.89. The molecule has 0 saturated heterocycles. The first-order valence-electron chi connectivity index (χ1n) is 5.78. The Hall–Kier alpha value is -0.760. The van der Waals surface area contributed by atoms with Gasteiger partial charge >= 0.3 is 0 Å². The first kappa shape index (κ1) is 16.3. The highest BCUT2D eigenvalue weighted by Crippen LogP contribution is 2.31. The van der Waals surface area contributed by atoms with Gasteiger partial charge in [0.05, 0.1) is 19.2 Å². The Morgan fingerprint density at radius 2 is 2.26 bits per heavy atom. The number of nitrogens with two attached hydrogens (primary N) is 1. The molecule has 0 spiro atoms. The van der Waals surface area contributed by atoms with E-state index in [2.05, 4.69) is 32.8 Å². The standard InChI is InChI=1S/C13H16BrN3O.HI/c1-9(14)8-16-13(15)17-11-6-7-18-12-5-3-2-4-10(11)12;/h2-5,11H,1,6-8H2,(H3,15,16,17);1H. The summed E-state index contributed by atoms with van der Waals surface area (Å²) in [4.78, 5) is 4.19. The molecule has 0 amide bonds. The largest absolute Gasteiger partial charge is 0.493 e. The highest BCUT2D eigenvalue weighted by molar-refractivity contribution is 14.0. The second-order valence-corrected chi connectivity index (χ2v) is 5.21. The van der Waals surface area contributed by atoms with E-state index in [1.165, 1.54) is 0 Å². The van der Waals surface area contributed by atoms with E-state index in [4.69, 9.17) is 10.5 Å². The van der Waals surface area contributed by atoms with E-state index < -0.39 is 0 Å². The molecule has 4 nitrogen and oxygen atoms in total. The van der Waals surface area contributed by atoms with Crippen LogP contribution in [0.25, 0.3) is 0 Å². The quantitative estimate of drug-likeness (QED) is 0.434. The molecular weight excluding hydrogens is 421 g/mol. The van der Waals surface area contributed by atoms with Gasteiger partial charge in [-0.2, -0.15) is 0 Å². The molecule has 1 aromatic carbocycles. The number of guanidine groups is 1. The zero-order valence-electron chi connectivity index (χ0n) is 10.4. The van der Waals surface area contributed by atoms with E-state index in [9.17, 15) is 0 Å². The summed E-state index contributed by atoms with van der Waals surface area (Å²) in [6.45, 7) is 4.88. The van der Waals surface area contributed by atoms with Crippen molar-refractivity contribution < 1.29 is 4.74 Å². The van der Waals surface area contributed by atoms with Gasteiger partial charge in [-0.15, -0.1) is 24.0 Å². The van der Waals surface area contributed by atoms with Crippen molar-refractivity contribution in [3.05, 3.63) is 40.9 Å². The Morgan fingerprint density at radius 3 is 3.00 bits per heavy atom. The van der Waals surface area contributed by atoms with Crippen LogP contribution in [0.3, 0.4) is 0 Å². The van der Waals surface area contributed by atoms with Crippen molar-refractivity contribution in [2.75, 3.05) is 13.2 Å². The predicted octanol–water partition coefficient (Wildman–Crippen LogP) is 2.94. The minimum Gasteiger partial charge on any atom is -0.493 e. The Kier molecular flexibility index (Phi) is 6.64. The highest BCUT2D eigenvalue weighted by atomic mass is 127. The van der Waals surface area contributed by atoms with E-state index in [-0.39, 0.29) is 30.0 Å². The van der Waals surface area contributed by atoms with Gasteiger partial charge in [-0.25, -0.2) is 4.99 Å². The first-order valence-corrected chi connectivity index (χ1v) is 6.57. The zero-order chi connectivity index (χ0) is 13.0. The van der Waals surface area contributed by atoms with E-state index in [1.54, 1.807) is 0 Å². The fraction of sp³-hybridized carbons (Fsp3) is 0.308. The molecule has 6 heteroatoms. The van der Waals surface area contributed by atoms with Crippen LogP contribution < -0.4 is 15.8 Å². The van der Waals surface area contributed by atoms with Crippen molar-refractivity contribution in [1.82, 2.24) is 5.32 Å². The molecule has 1 aromatic rings. The lowest BCUT2D eigenvalue weighted by molar-refractivity contribution is 0.262. The van der Waals surface area contributed by atoms with Crippen molar-refractivity contribution in [3.8, 4) is 5.75 Å². The lowest BCUT2D eigenvalue weighted by Gasteiger charge is -2.26. The summed E-state index contributed by atoms with van der Waals surface area (Å²) < 4.78 is 6.40. The summed E-state index contributed by atoms with van der Waals surface area (Å²) in [5.41, 5.74) is 6.97. The van der Waals surface area contributed by atoms with Crippen LogP contribution in [-0.2, 0) is 0 Å². The SMILES string of the molecule is C=C(Br)CN=C(N)NC1CCOc2ccccc21.I. The van der Waals surface area contributed by atoms with E-state index in [0.29, 0.717) is 19.1 Å². The highest BCUT2D eigenvalue weighted by Gasteiger charge is 2.20. The minimum atomic E-state index is 0. The number of halogens is 2. The second kappa shape index (κ2) is 7.74. The Bertz CT molecular complexity index is 479. The number of fused-ring (bicyclic) bond motifs is 1. The number of para-hydroxylation sites is 1. The summed E-state index contributed by atoms with van der Waals surface area (Å²) in [6.07, 6.45) is 0.877. The van der Waals surface area contributed by atoms with Gasteiger partial charge in [0.2, 0.25) is 0 Å². The van der Waals surface area contributed by atoms with Crippen LogP contribution in [0.15, 0.2) is 40.3 Å². The van der Waals surface area contributed by atoms with Crippen LogP contribution in [0.2, 0.25) is 0 Å². The minimum absolute atomic E-state index is 0. The van der Waals surface area contributed by atoms with Crippen LogP contribution in [0.1, 0.15) is 18.0 Å². The number of hydrogen-bond acceptors (Lipinski definition) is 2. The maximum absolute atomic E-state index is 5.85. The molecule has 1 unspecified atom stereocenters. The molecule has 1 heterocycles. The molecule has 2 rings (SSSR count). The molecule has 1 atom stereocenters. The molecular formula is C13H17BrIN3O. The predicted molar refractivity (Wildman–Crippen MR) is 92.4 cm³/mol. The van der Waals surface area contributed by atoms with Crippen LogP contribution in [-0.4, -0.2) is 19.1 Å². The molecule has 1 aliphatic heterocycles. The van der Waals surface area contributed by atoms with Gasteiger partial charge in [0.15, 0.2) is 5.96 Å². The van der Waals surface area contributed by atoms with Gasteiger partial charge in [-0.1, -0.05) is 40.7 Å². The summed E-state index contributed by atoms with van der Waals surface area (Å²) in [6, 6.07) is 8.13. The molecule has 0 saturated carbocycles. The number of aliphatic imine (C=N–C) groups is 1. The molecule has 104 valence electrons. The number of hydrogen-bond donors (Lipinski definition) is 2. The van der Waals surface area contributed by atoms with Gasteiger partial charge in [-0.3, -0.25) is 0 Å². The average Bonchev–Trinajstić information content (AvgIpc) is 2.37. The zero-order valence-corrected chi connectivity index (χ0v) is 14.4. The fourth-order valence-corrected chi connectivity index (χ4v) is 2.01. The van der Waals surface area contributed by atoms with Gasteiger partial charge < -0.3 is 15.8 Å². The number of nitrogens with one attached hydrogen (secondary N) is 1. The molecule has 0 fully saturated rings. The van der Waals surface area contributed by atoms with Crippen LogP contribution >= 0.6 is 39.9 Å². The van der Waals surface area contributed by atoms with Crippen LogP contribution in [0, 0.1) is 0 Å². The van der Waals surface area contributed by atoms with E-state index >= 15 is 0 Å². The number of nitrogens with zero attached hydrogens (tertiary/aromatic N) is 1. The van der Waals surface area contributed by atoms with E-state index in [0.717, 1.165) is 22.2 Å². The smallest absolute Gasteiger partial charge is 0.189 e. The topological polar surface area (TPSA) is 59.6 Å². The molecule has 19 heavy (non-hydrogen) atoms. The molecule has 3 N–H and O–H groups in total. The number of rotatable bonds is 3. The lowest BCUT2D eigenvalue weighted by Crippen LogP contribution is -2.37. The van der Waals surface area contributed by atoms with Crippen molar-refractivity contribution in [2.24, 2.45) is 10.7 Å². The van der Waals surface area contributed by atoms with Crippen LogP contribution in [0.4, 0.5) is 0 Å². The summed E-state index contributed by atoms with van der Waals surface area (Å²) in [5.74, 6) is 1.34. The second-order valence-electron chi connectivity index (χ2n) is 4.09. The van der Waals surface area contributed by atoms with Crippen molar-refractivity contribution >= 4 is 45.9 Å². The third-order valence-corrected chi connectivity index (χ3v) is 2.95. The van der Waals surface area contributed by atoms with Gasteiger partial charge in [0, 0.05) is 16.5 Å². The van der Waals surface area contributed by atoms with Gasteiger partial charge in [-0.05, 0) is 6.07 Å². The third kappa shape index (κ3) is 4.68. The summed E-state index contributed by atoms with van der Waals surface area (Å²) >= 11 is 3.25. The first-order chi connectivity index (χ1) is 8.66. The summed E-state index contributed by atoms with van der Waals surface area (Å²) in [7, 11) is 0. The lowest BCUT2D eigenvalue weighted by atomic mass is 10.0. The normalized spacial score (nSPS) is 17.7. The molecule has 0 aromatic heterocycles. The number of benzene rings is 1. The maximum Gasteiger partial charge on any atom is 0.189 e. The Morgan fingerprint density at radius 1 is 1.53 bits per heavy atom. The summed E-state index contributed by atoms with van der Waals surface area (Å²) in [5, 5.41) is 3.22. The molecule has 0 bridgehead atoms. The van der Waals surface area contributed by atoms with E-state index in [1.807, 2.05) is 24.3 Å². The van der Waals surface area contributed by atoms with Gasteiger partial charge in [0.25, 0.3) is 0 Å². The maximum atomic E-state index is 5.85. The van der Waals surface area contributed by atoms with Crippen LogP contribution in [0.5, 0.6) is 5.75 Å². The third-order valence-electron chi connectivity index (χ3n) is 2.70. The van der Waals surface area contributed by atoms with Crippen molar-refractivity contribution in [3.63, 3.8) is 0 Å². The molecule has 0 aliphatic carbocycles. The number of ether oxygens (including phenoxy) is 1. The Balaban J connectivity index is 0.00000180. The molecule has 0 radical (unpaired) electrons. The van der Waals surface area contributed by atoms with Crippen molar-refractivity contribution in [1.29, 1.82) is 0 Å². The molecule has 1 aliphatic rings. The Labute approximate surface area is 138 Å². The van der Waals surface area contributed by atoms with Gasteiger partial charge in [0.1, 0.15) is 5.75 Å². The monoisotopic (exact) mass is 437 g/mol.